The molecule has 2 aromatic rings. The van der Waals surface area contributed by atoms with Crippen LogP contribution in [0.25, 0.3) is 0 Å². The van der Waals surface area contributed by atoms with Crippen molar-refractivity contribution in [3.05, 3.63) is 58.7 Å². The largest absolute Gasteiger partial charge is 0.497 e. The summed E-state index contributed by atoms with van der Waals surface area (Å²) in [6.07, 6.45) is 0. The highest BCUT2D eigenvalue weighted by molar-refractivity contribution is 5.49. The maximum atomic E-state index is 5.59. The van der Waals surface area contributed by atoms with Crippen molar-refractivity contribution >= 4 is 0 Å². The van der Waals surface area contributed by atoms with Crippen LogP contribution in [0.2, 0.25) is 0 Å². The second kappa shape index (κ2) is 6.64. The Balaban J connectivity index is 2.50. The van der Waals surface area contributed by atoms with E-state index in [2.05, 4.69) is 43.4 Å². The van der Waals surface area contributed by atoms with E-state index < -0.39 is 0 Å². The second-order valence-electron chi connectivity index (χ2n) is 5.19. The van der Waals surface area contributed by atoms with Gasteiger partial charge < -0.3 is 14.8 Å². The van der Waals surface area contributed by atoms with Gasteiger partial charge in [0.25, 0.3) is 0 Å². The number of hydrogen-bond donors (Lipinski definition) is 1. The van der Waals surface area contributed by atoms with Gasteiger partial charge in [0.15, 0.2) is 0 Å². The highest BCUT2D eigenvalue weighted by Gasteiger charge is 2.19. The molecule has 1 atom stereocenters. The van der Waals surface area contributed by atoms with Crippen LogP contribution in [-0.4, -0.2) is 21.3 Å². The second-order valence-corrected chi connectivity index (χ2v) is 5.19. The van der Waals surface area contributed by atoms with Crippen LogP contribution >= 0.6 is 0 Å². The molecule has 0 saturated carbocycles. The number of benzene rings is 2. The zero-order valence-electron chi connectivity index (χ0n) is 13.4. The smallest absolute Gasteiger partial charge is 0.124 e. The van der Waals surface area contributed by atoms with Crippen molar-refractivity contribution in [2.75, 3.05) is 21.3 Å². The Kier molecular flexibility index (Phi) is 4.86. The summed E-state index contributed by atoms with van der Waals surface area (Å²) in [7, 11) is 5.36. The van der Waals surface area contributed by atoms with Gasteiger partial charge in [-0.3, -0.25) is 0 Å². The van der Waals surface area contributed by atoms with Crippen molar-refractivity contribution in [2.45, 2.75) is 19.9 Å². The zero-order chi connectivity index (χ0) is 15.4. The number of aryl methyl sites for hydroxylation is 2. The molecule has 0 aliphatic carbocycles. The molecule has 0 aromatic heterocycles. The third-order valence-electron chi connectivity index (χ3n) is 3.74. The topological polar surface area (TPSA) is 30.5 Å². The van der Waals surface area contributed by atoms with E-state index in [0.717, 1.165) is 11.5 Å². The van der Waals surface area contributed by atoms with Gasteiger partial charge in [0.05, 0.1) is 20.3 Å². The fourth-order valence-corrected chi connectivity index (χ4v) is 2.75. The summed E-state index contributed by atoms with van der Waals surface area (Å²) in [4.78, 5) is 0. The lowest BCUT2D eigenvalue weighted by Gasteiger charge is -2.23. The van der Waals surface area contributed by atoms with Gasteiger partial charge in [-0.15, -0.1) is 0 Å². The van der Waals surface area contributed by atoms with Crippen molar-refractivity contribution in [1.82, 2.24) is 5.32 Å². The Morgan fingerprint density at radius 3 is 2.14 bits per heavy atom. The third kappa shape index (κ3) is 3.19. The van der Waals surface area contributed by atoms with Crippen molar-refractivity contribution in [3.8, 4) is 11.5 Å². The Hall–Kier alpha value is -2.00. The highest BCUT2D eigenvalue weighted by Crippen LogP contribution is 2.34. The lowest BCUT2D eigenvalue weighted by Crippen LogP contribution is -2.19. The van der Waals surface area contributed by atoms with Crippen LogP contribution in [0, 0.1) is 13.8 Å². The van der Waals surface area contributed by atoms with Gasteiger partial charge in [0.1, 0.15) is 11.5 Å². The van der Waals surface area contributed by atoms with Gasteiger partial charge in [-0.1, -0.05) is 18.2 Å². The molecule has 2 aromatic carbocycles. The van der Waals surface area contributed by atoms with Crippen molar-refractivity contribution < 1.29 is 9.47 Å². The van der Waals surface area contributed by atoms with E-state index in [-0.39, 0.29) is 6.04 Å². The predicted molar refractivity (Wildman–Crippen MR) is 86.4 cm³/mol. The first-order valence-corrected chi connectivity index (χ1v) is 7.07. The first kappa shape index (κ1) is 15.4. The summed E-state index contributed by atoms with van der Waals surface area (Å²) in [5.74, 6) is 1.78. The zero-order valence-corrected chi connectivity index (χ0v) is 13.4. The number of rotatable bonds is 5. The number of methoxy groups -OCH3 is 2. The summed E-state index contributed by atoms with van der Waals surface area (Å²) in [6.45, 7) is 4.21. The molecule has 3 nitrogen and oxygen atoms in total. The van der Waals surface area contributed by atoms with Crippen LogP contribution in [0.5, 0.6) is 11.5 Å². The van der Waals surface area contributed by atoms with Crippen LogP contribution in [-0.2, 0) is 0 Å². The van der Waals surface area contributed by atoms with E-state index in [0.29, 0.717) is 0 Å². The predicted octanol–water partition coefficient (Wildman–Crippen LogP) is 3.63. The molecule has 0 spiro atoms. The number of ether oxygens (including phenoxy) is 2. The van der Waals surface area contributed by atoms with Crippen molar-refractivity contribution in [2.24, 2.45) is 0 Å². The Morgan fingerprint density at radius 1 is 0.952 bits per heavy atom. The van der Waals surface area contributed by atoms with Gasteiger partial charge >= 0.3 is 0 Å². The number of hydrogen-bond acceptors (Lipinski definition) is 3. The molecule has 0 radical (unpaired) electrons. The summed E-state index contributed by atoms with van der Waals surface area (Å²) in [6, 6.07) is 12.5. The normalized spacial score (nSPS) is 12.0. The summed E-state index contributed by atoms with van der Waals surface area (Å²) >= 11 is 0. The summed E-state index contributed by atoms with van der Waals surface area (Å²) in [5, 5.41) is 3.39. The molecule has 0 aliphatic heterocycles. The molecule has 112 valence electrons. The average Bonchev–Trinajstić information content (AvgIpc) is 2.50. The van der Waals surface area contributed by atoms with Gasteiger partial charge in [0.2, 0.25) is 0 Å². The van der Waals surface area contributed by atoms with Crippen molar-refractivity contribution in [1.29, 1.82) is 0 Å². The molecule has 1 unspecified atom stereocenters. The molecule has 0 amide bonds. The van der Waals surface area contributed by atoms with Gasteiger partial charge in [-0.05, 0) is 55.8 Å². The van der Waals surface area contributed by atoms with E-state index in [1.807, 2.05) is 19.2 Å². The van der Waals surface area contributed by atoms with Crippen LogP contribution in [0.4, 0.5) is 0 Å². The quantitative estimate of drug-likeness (QED) is 0.910. The fraction of sp³-hybridized carbons (Fsp3) is 0.333. The van der Waals surface area contributed by atoms with Crippen LogP contribution in [0.15, 0.2) is 36.4 Å². The van der Waals surface area contributed by atoms with Gasteiger partial charge in [0, 0.05) is 5.56 Å². The van der Waals surface area contributed by atoms with Crippen LogP contribution < -0.4 is 14.8 Å². The molecule has 21 heavy (non-hydrogen) atoms. The Bertz CT molecular complexity index is 605. The minimum absolute atomic E-state index is 0.0893. The maximum absolute atomic E-state index is 5.59. The molecule has 1 N–H and O–H groups in total. The maximum Gasteiger partial charge on any atom is 0.124 e. The summed E-state index contributed by atoms with van der Waals surface area (Å²) in [5.41, 5.74) is 4.79. The number of nitrogens with one attached hydrogen (secondary N) is 1. The van der Waals surface area contributed by atoms with Gasteiger partial charge in [-0.2, -0.15) is 0 Å². The standard InChI is InChI=1S/C18H23NO2/c1-12-10-13(2)17(16(11-12)21-5)18(19-3)14-6-8-15(20-4)9-7-14/h6-11,18-19H,1-5H3. The molecular formula is C18H23NO2. The molecule has 2 rings (SSSR count). The molecule has 0 bridgehead atoms. The molecule has 0 fully saturated rings. The van der Waals surface area contributed by atoms with E-state index in [4.69, 9.17) is 9.47 Å². The monoisotopic (exact) mass is 285 g/mol. The summed E-state index contributed by atoms with van der Waals surface area (Å²) < 4.78 is 10.8. The molecule has 0 aliphatic rings. The first-order valence-electron chi connectivity index (χ1n) is 7.07. The lowest BCUT2D eigenvalue weighted by atomic mass is 9.93. The van der Waals surface area contributed by atoms with E-state index in [9.17, 15) is 0 Å². The van der Waals surface area contributed by atoms with E-state index in [1.54, 1.807) is 14.2 Å². The fourth-order valence-electron chi connectivity index (χ4n) is 2.75. The van der Waals surface area contributed by atoms with Crippen molar-refractivity contribution in [3.63, 3.8) is 0 Å². The molecule has 0 heterocycles. The highest BCUT2D eigenvalue weighted by atomic mass is 16.5. The minimum atomic E-state index is 0.0893. The SMILES string of the molecule is CNC(c1ccc(OC)cc1)c1c(C)cc(C)cc1OC. The van der Waals surface area contributed by atoms with Gasteiger partial charge in [-0.25, -0.2) is 0 Å². The molecular weight excluding hydrogens is 262 g/mol. The lowest BCUT2D eigenvalue weighted by molar-refractivity contribution is 0.404. The molecule has 0 saturated heterocycles. The minimum Gasteiger partial charge on any atom is -0.497 e. The molecule has 3 heteroatoms. The van der Waals surface area contributed by atoms with E-state index in [1.165, 1.54) is 22.3 Å². The first-order chi connectivity index (χ1) is 10.1. The van der Waals surface area contributed by atoms with Crippen LogP contribution in [0.3, 0.4) is 0 Å². The Morgan fingerprint density at radius 2 is 1.62 bits per heavy atom. The van der Waals surface area contributed by atoms with E-state index >= 15 is 0 Å². The van der Waals surface area contributed by atoms with Crippen LogP contribution in [0.1, 0.15) is 28.3 Å². The average molecular weight is 285 g/mol. The Labute approximate surface area is 126 Å². The third-order valence-corrected chi connectivity index (χ3v) is 3.74.